The van der Waals surface area contributed by atoms with E-state index < -0.39 is 0 Å². The molecule has 1 aliphatic rings. The van der Waals surface area contributed by atoms with Crippen LogP contribution in [-0.2, 0) is 0 Å². The maximum atomic E-state index is 12.7. The average Bonchev–Trinajstić information content (AvgIpc) is 2.82. The molecule has 4 heteroatoms. The van der Waals surface area contributed by atoms with Crippen LogP contribution in [0.15, 0.2) is 24.3 Å². The SMILES string of the molecule is Cc1[nH]c2ccccc2c1C(=O)C(=S)N1CCCCC1. The summed E-state index contributed by atoms with van der Waals surface area (Å²) in [4.78, 5) is 18.5. The minimum atomic E-state index is -0.0168. The van der Waals surface area contributed by atoms with Gasteiger partial charge in [-0.25, -0.2) is 0 Å². The van der Waals surface area contributed by atoms with Gasteiger partial charge in [0.1, 0.15) is 0 Å². The first-order valence-electron chi connectivity index (χ1n) is 7.09. The van der Waals surface area contributed by atoms with Crippen LogP contribution in [0.2, 0.25) is 0 Å². The third-order valence-electron chi connectivity index (χ3n) is 3.96. The van der Waals surface area contributed by atoms with Gasteiger partial charge >= 0.3 is 0 Å². The molecule has 0 atom stereocenters. The predicted octanol–water partition coefficient (Wildman–Crippen LogP) is 3.47. The molecule has 20 heavy (non-hydrogen) atoms. The lowest BCUT2D eigenvalue weighted by Crippen LogP contribution is -2.39. The fourth-order valence-corrected chi connectivity index (χ4v) is 3.20. The first kappa shape index (κ1) is 13.3. The summed E-state index contributed by atoms with van der Waals surface area (Å²) in [6.45, 7) is 3.75. The molecule has 0 spiro atoms. The van der Waals surface area contributed by atoms with Crippen molar-refractivity contribution in [2.45, 2.75) is 26.2 Å². The molecule has 0 saturated carbocycles. The van der Waals surface area contributed by atoms with Crippen molar-refractivity contribution >= 4 is 33.9 Å². The monoisotopic (exact) mass is 286 g/mol. The molecule has 1 aromatic heterocycles. The highest BCUT2D eigenvalue weighted by Crippen LogP contribution is 2.23. The largest absolute Gasteiger partial charge is 0.360 e. The lowest BCUT2D eigenvalue weighted by Gasteiger charge is -2.28. The van der Waals surface area contributed by atoms with Gasteiger partial charge in [0.15, 0.2) is 4.99 Å². The number of piperidine rings is 1. The highest BCUT2D eigenvalue weighted by atomic mass is 32.1. The summed E-state index contributed by atoms with van der Waals surface area (Å²) in [6.07, 6.45) is 3.49. The molecule has 0 aliphatic carbocycles. The zero-order valence-electron chi connectivity index (χ0n) is 11.6. The van der Waals surface area contributed by atoms with E-state index in [1.807, 2.05) is 31.2 Å². The van der Waals surface area contributed by atoms with Gasteiger partial charge in [-0.2, -0.15) is 0 Å². The summed E-state index contributed by atoms with van der Waals surface area (Å²) in [7, 11) is 0. The number of H-pyrrole nitrogens is 1. The molecular weight excluding hydrogens is 268 g/mol. The van der Waals surface area contributed by atoms with E-state index in [1.165, 1.54) is 6.42 Å². The van der Waals surface area contributed by atoms with E-state index in [1.54, 1.807) is 0 Å². The van der Waals surface area contributed by atoms with Gasteiger partial charge in [0.2, 0.25) is 5.78 Å². The molecular formula is C16H18N2OS. The standard InChI is InChI=1S/C16H18N2OS/c1-11-14(12-7-3-4-8-13(12)17-11)15(19)16(20)18-9-5-2-6-10-18/h3-4,7-8,17H,2,5-6,9-10H2,1H3. The second kappa shape index (κ2) is 5.37. The number of benzene rings is 1. The number of aromatic nitrogens is 1. The molecule has 0 unspecified atom stereocenters. The second-order valence-electron chi connectivity index (χ2n) is 5.35. The molecule has 3 rings (SSSR count). The fraction of sp³-hybridized carbons (Fsp3) is 0.375. The van der Waals surface area contributed by atoms with Crippen molar-refractivity contribution in [2.24, 2.45) is 0 Å². The Kier molecular flexibility index (Phi) is 3.57. The number of rotatable bonds is 2. The Morgan fingerprint density at radius 1 is 1.20 bits per heavy atom. The molecule has 1 fully saturated rings. The third kappa shape index (κ3) is 2.24. The molecule has 1 aromatic carbocycles. The van der Waals surface area contributed by atoms with E-state index in [0.717, 1.165) is 48.1 Å². The smallest absolute Gasteiger partial charge is 0.222 e. The Bertz CT molecular complexity index is 668. The van der Waals surface area contributed by atoms with E-state index in [4.69, 9.17) is 12.2 Å². The van der Waals surface area contributed by atoms with E-state index in [9.17, 15) is 4.79 Å². The van der Waals surface area contributed by atoms with Crippen LogP contribution in [0.3, 0.4) is 0 Å². The Morgan fingerprint density at radius 3 is 2.65 bits per heavy atom. The summed E-state index contributed by atoms with van der Waals surface area (Å²) < 4.78 is 0. The summed E-state index contributed by atoms with van der Waals surface area (Å²) in [5.41, 5.74) is 2.63. The molecule has 0 radical (unpaired) electrons. The van der Waals surface area contributed by atoms with Crippen LogP contribution < -0.4 is 0 Å². The number of fused-ring (bicyclic) bond motifs is 1. The minimum absolute atomic E-state index is 0.0168. The van der Waals surface area contributed by atoms with E-state index in [-0.39, 0.29) is 5.78 Å². The number of carbonyl (C=O) groups is 1. The lowest BCUT2D eigenvalue weighted by molar-refractivity contribution is 0.105. The third-order valence-corrected chi connectivity index (χ3v) is 4.40. The fourth-order valence-electron chi connectivity index (χ4n) is 2.92. The first-order valence-corrected chi connectivity index (χ1v) is 7.50. The number of nitrogens with zero attached hydrogens (tertiary/aromatic N) is 1. The molecule has 0 bridgehead atoms. The summed E-state index contributed by atoms with van der Waals surface area (Å²) in [6, 6.07) is 7.89. The highest BCUT2D eigenvalue weighted by Gasteiger charge is 2.24. The number of ketones is 1. The van der Waals surface area contributed by atoms with Crippen molar-refractivity contribution in [1.82, 2.24) is 9.88 Å². The molecule has 2 aromatic rings. The maximum absolute atomic E-state index is 12.7. The van der Waals surface area contributed by atoms with E-state index in [2.05, 4.69) is 9.88 Å². The maximum Gasteiger partial charge on any atom is 0.222 e. The number of para-hydroxylation sites is 1. The zero-order valence-corrected chi connectivity index (χ0v) is 12.4. The van der Waals surface area contributed by atoms with Gasteiger partial charge in [-0.05, 0) is 32.3 Å². The highest BCUT2D eigenvalue weighted by molar-refractivity contribution is 7.82. The number of thiocarbonyl (C=S) groups is 1. The Balaban J connectivity index is 1.95. The average molecular weight is 286 g/mol. The summed E-state index contributed by atoms with van der Waals surface area (Å²) in [5.74, 6) is -0.0168. The number of Topliss-reactive ketones (excluding diaryl/α,β-unsaturated/α-hetero) is 1. The van der Waals surface area contributed by atoms with Gasteiger partial charge in [-0.15, -0.1) is 0 Å². The van der Waals surface area contributed by atoms with E-state index >= 15 is 0 Å². The van der Waals surface area contributed by atoms with Gasteiger partial charge < -0.3 is 9.88 Å². The van der Waals surface area contributed by atoms with Gasteiger partial charge in [0.25, 0.3) is 0 Å². The molecule has 1 N–H and O–H groups in total. The van der Waals surface area contributed by atoms with Crippen molar-refractivity contribution in [3.8, 4) is 0 Å². The molecule has 1 aliphatic heterocycles. The van der Waals surface area contributed by atoms with Crippen molar-refractivity contribution in [1.29, 1.82) is 0 Å². The predicted molar refractivity (Wildman–Crippen MR) is 85.4 cm³/mol. The first-order chi connectivity index (χ1) is 9.68. The van der Waals surface area contributed by atoms with Crippen LogP contribution in [0.25, 0.3) is 10.9 Å². The van der Waals surface area contributed by atoms with Crippen molar-refractivity contribution < 1.29 is 4.79 Å². The number of aryl methyl sites for hydroxylation is 1. The second-order valence-corrected chi connectivity index (χ2v) is 5.74. The number of nitrogens with one attached hydrogen (secondary N) is 1. The zero-order chi connectivity index (χ0) is 14.1. The number of likely N-dealkylation sites (tertiary alicyclic amines) is 1. The van der Waals surface area contributed by atoms with Gasteiger partial charge in [0, 0.05) is 29.7 Å². The van der Waals surface area contributed by atoms with E-state index in [0.29, 0.717) is 4.99 Å². The summed E-state index contributed by atoms with van der Waals surface area (Å²) in [5, 5.41) is 0.967. The normalized spacial score (nSPS) is 15.6. The van der Waals surface area contributed by atoms with Crippen LogP contribution in [0.4, 0.5) is 0 Å². The van der Waals surface area contributed by atoms with Crippen LogP contribution >= 0.6 is 12.2 Å². The van der Waals surface area contributed by atoms with Gasteiger partial charge in [0.05, 0.1) is 5.56 Å². The Hall–Kier alpha value is -1.68. The Labute approximate surface area is 124 Å². The minimum Gasteiger partial charge on any atom is -0.360 e. The quantitative estimate of drug-likeness (QED) is 0.678. The van der Waals surface area contributed by atoms with Crippen LogP contribution in [-0.4, -0.2) is 33.7 Å². The summed E-state index contributed by atoms with van der Waals surface area (Å²) >= 11 is 5.43. The molecule has 1 saturated heterocycles. The van der Waals surface area contributed by atoms with Crippen LogP contribution in [0.1, 0.15) is 35.3 Å². The molecule has 2 heterocycles. The number of aromatic amines is 1. The van der Waals surface area contributed by atoms with Crippen LogP contribution in [0, 0.1) is 6.92 Å². The van der Waals surface area contributed by atoms with Gasteiger partial charge in [-0.3, -0.25) is 4.79 Å². The van der Waals surface area contributed by atoms with Gasteiger partial charge in [-0.1, -0.05) is 30.4 Å². The van der Waals surface area contributed by atoms with Crippen molar-refractivity contribution in [3.63, 3.8) is 0 Å². The molecule has 0 amide bonds. The number of hydrogen-bond acceptors (Lipinski definition) is 2. The molecule has 104 valence electrons. The number of carbonyl (C=O) groups excluding carboxylic acids is 1. The topological polar surface area (TPSA) is 36.1 Å². The Morgan fingerprint density at radius 2 is 1.90 bits per heavy atom. The van der Waals surface area contributed by atoms with Crippen molar-refractivity contribution in [2.75, 3.05) is 13.1 Å². The lowest BCUT2D eigenvalue weighted by atomic mass is 10.0. The van der Waals surface area contributed by atoms with Crippen molar-refractivity contribution in [3.05, 3.63) is 35.5 Å². The number of hydrogen-bond donors (Lipinski definition) is 1. The molecule has 3 nitrogen and oxygen atoms in total. The van der Waals surface area contributed by atoms with Crippen LogP contribution in [0.5, 0.6) is 0 Å².